The molecular weight excluding hydrogens is 248 g/mol. The highest BCUT2D eigenvalue weighted by Crippen LogP contribution is 2.38. The molecule has 0 saturated carbocycles. The van der Waals surface area contributed by atoms with Gasteiger partial charge in [-0.05, 0) is 39.4 Å². The lowest BCUT2D eigenvalue weighted by Gasteiger charge is -2.09. The van der Waals surface area contributed by atoms with Crippen molar-refractivity contribution in [3.63, 3.8) is 0 Å². The van der Waals surface area contributed by atoms with Crippen molar-refractivity contribution in [1.29, 1.82) is 0 Å². The van der Waals surface area contributed by atoms with E-state index in [-0.39, 0.29) is 0 Å². The van der Waals surface area contributed by atoms with Crippen molar-refractivity contribution < 1.29 is 0 Å². The topological polar surface area (TPSA) is 0 Å². The molecule has 0 unspecified atom stereocenters. The van der Waals surface area contributed by atoms with Gasteiger partial charge in [0.2, 0.25) is 0 Å². The predicted molar refractivity (Wildman–Crippen MR) is 84.8 cm³/mol. The Hall–Kier alpha value is -2.12. The minimum atomic E-state index is 1.29. The van der Waals surface area contributed by atoms with Gasteiger partial charge < -0.3 is 0 Å². The van der Waals surface area contributed by atoms with Gasteiger partial charge in [-0.3, -0.25) is 0 Å². The molecule has 19 heavy (non-hydrogen) atoms. The Kier molecular flexibility index (Phi) is 2.39. The first-order valence-corrected chi connectivity index (χ1v) is 7.26. The fourth-order valence-corrected chi connectivity index (χ4v) is 3.53. The molecule has 4 rings (SSSR count). The molecule has 3 aromatic carbocycles. The molecule has 90 valence electrons. The highest BCUT2D eigenvalue weighted by Gasteiger charge is 2.09. The van der Waals surface area contributed by atoms with Crippen LogP contribution in [0.4, 0.5) is 0 Å². The minimum absolute atomic E-state index is 1.29. The fourth-order valence-electron chi connectivity index (χ4n) is 2.69. The molecule has 0 radical (unpaired) electrons. The van der Waals surface area contributed by atoms with Crippen LogP contribution >= 0.6 is 11.3 Å². The van der Waals surface area contributed by atoms with Crippen LogP contribution in [0.2, 0.25) is 0 Å². The van der Waals surface area contributed by atoms with Gasteiger partial charge in [0, 0.05) is 10.1 Å². The van der Waals surface area contributed by atoms with E-state index in [0.29, 0.717) is 0 Å². The fraction of sp³-hybridized carbons (Fsp3) is 0. The van der Waals surface area contributed by atoms with Crippen LogP contribution in [0, 0.1) is 0 Å². The highest BCUT2D eigenvalue weighted by atomic mass is 32.1. The van der Waals surface area contributed by atoms with Gasteiger partial charge in [0.05, 0.1) is 0 Å². The standard InChI is InChI=1S/C18H12S/c1-2-6-13(7-3-1)18-15-9-5-4-8-14(15)12-17-16(18)10-11-19-17/h1-12H. The first kappa shape index (κ1) is 10.8. The van der Waals surface area contributed by atoms with Gasteiger partial charge in [-0.25, -0.2) is 0 Å². The molecule has 0 amide bonds. The SMILES string of the molecule is c1ccc(-c2c3ccccc3cc3sccc23)cc1. The van der Waals surface area contributed by atoms with Crippen molar-refractivity contribution in [3.05, 3.63) is 72.1 Å². The molecule has 0 aliphatic rings. The molecule has 0 atom stereocenters. The van der Waals surface area contributed by atoms with Gasteiger partial charge in [0.15, 0.2) is 0 Å². The van der Waals surface area contributed by atoms with Crippen molar-refractivity contribution in [3.8, 4) is 11.1 Å². The van der Waals surface area contributed by atoms with Crippen LogP contribution in [0.15, 0.2) is 72.1 Å². The average Bonchev–Trinajstić information content (AvgIpc) is 2.93. The Balaban J connectivity index is 2.23. The summed E-state index contributed by atoms with van der Waals surface area (Å²) in [5.74, 6) is 0. The highest BCUT2D eigenvalue weighted by molar-refractivity contribution is 7.17. The van der Waals surface area contributed by atoms with Gasteiger partial charge in [-0.15, -0.1) is 11.3 Å². The summed E-state index contributed by atoms with van der Waals surface area (Å²) in [5, 5.41) is 6.18. The van der Waals surface area contributed by atoms with E-state index in [4.69, 9.17) is 0 Å². The molecule has 0 aliphatic heterocycles. The van der Waals surface area contributed by atoms with Gasteiger partial charge >= 0.3 is 0 Å². The van der Waals surface area contributed by atoms with Gasteiger partial charge in [0.25, 0.3) is 0 Å². The quantitative estimate of drug-likeness (QED) is 0.410. The van der Waals surface area contributed by atoms with E-state index in [1.54, 1.807) is 0 Å². The number of thiophene rings is 1. The molecule has 0 saturated heterocycles. The summed E-state index contributed by atoms with van der Waals surface area (Å²) in [5.41, 5.74) is 2.65. The number of fused-ring (bicyclic) bond motifs is 2. The lowest BCUT2D eigenvalue weighted by atomic mass is 9.95. The Morgan fingerprint density at radius 2 is 1.47 bits per heavy atom. The third-order valence-electron chi connectivity index (χ3n) is 3.54. The molecule has 1 heterocycles. The molecule has 0 aliphatic carbocycles. The maximum atomic E-state index is 2.29. The van der Waals surface area contributed by atoms with E-state index in [0.717, 1.165) is 0 Å². The van der Waals surface area contributed by atoms with Crippen molar-refractivity contribution >= 4 is 32.2 Å². The summed E-state index contributed by atoms with van der Waals surface area (Å²) in [7, 11) is 0. The average molecular weight is 260 g/mol. The summed E-state index contributed by atoms with van der Waals surface area (Å²) in [6, 6.07) is 23.8. The van der Waals surface area contributed by atoms with Crippen LogP contribution in [-0.2, 0) is 0 Å². The van der Waals surface area contributed by atoms with Crippen molar-refractivity contribution in [2.75, 3.05) is 0 Å². The van der Waals surface area contributed by atoms with E-state index < -0.39 is 0 Å². The van der Waals surface area contributed by atoms with Gasteiger partial charge in [0.1, 0.15) is 0 Å². The van der Waals surface area contributed by atoms with Crippen LogP contribution in [0.1, 0.15) is 0 Å². The van der Waals surface area contributed by atoms with Crippen LogP contribution < -0.4 is 0 Å². The normalized spacial score (nSPS) is 11.2. The zero-order chi connectivity index (χ0) is 12.7. The molecule has 0 bridgehead atoms. The Bertz CT molecular complexity index is 857. The van der Waals surface area contributed by atoms with E-state index >= 15 is 0 Å². The van der Waals surface area contributed by atoms with E-state index in [1.807, 2.05) is 11.3 Å². The molecule has 1 heteroatoms. The van der Waals surface area contributed by atoms with Crippen molar-refractivity contribution in [1.82, 2.24) is 0 Å². The Morgan fingerprint density at radius 3 is 2.37 bits per heavy atom. The van der Waals surface area contributed by atoms with Crippen molar-refractivity contribution in [2.45, 2.75) is 0 Å². The van der Waals surface area contributed by atoms with Crippen molar-refractivity contribution in [2.24, 2.45) is 0 Å². The molecule has 4 aromatic rings. The van der Waals surface area contributed by atoms with Crippen LogP contribution in [0.3, 0.4) is 0 Å². The predicted octanol–water partition coefficient (Wildman–Crippen LogP) is 5.72. The first-order valence-electron chi connectivity index (χ1n) is 6.38. The first-order chi connectivity index (χ1) is 9.43. The monoisotopic (exact) mass is 260 g/mol. The second kappa shape index (κ2) is 4.22. The maximum Gasteiger partial charge on any atom is 0.0355 e. The molecule has 1 aromatic heterocycles. The maximum absolute atomic E-state index is 2.29. The summed E-state index contributed by atoms with van der Waals surface area (Å²) in [6.45, 7) is 0. The number of hydrogen-bond acceptors (Lipinski definition) is 1. The Morgan fingerprint density at radius 1 is 0.684 bits per heavy atom. The van der Waals surface area contributed by atoms with Gasteiger partial charge in [-0.1, -0.05) is 54.6 Å². The lowest BCUT2D eigenvalue weighted by Crippen LogP contribution is -1.82. The smallest absolute Gasteiger partial charge is 0.0355 e. The summed E-state index contributed by atoms with van der Waals surface area (Å²) >= 11 is 1.81. The Labute approximate surface area is 115 Å². The molecule has 0 nitrogen and oxygen atoms in total. The summed E-state index contributed by atoms with van der Waals surface area (Å²) in [4.78, 5) is 0. The van der Waals surface area contributed by atoms with Crippen LogP contribution in [-0.4, -0.2) is 0 Å². The number of benzene rings is 3. The molecular formula is C18H12S. The van der Waals surface area contributed by atoms with E-state index in [2.05, 4.69) is 72.1 Å². The zero-order valence-corrected chi connectivity index (χ0v) is 11.2. The molecule has 0 spiro atoms. The van der Waals surface area contributed by atoms with E-state index in [9.17, 15) is 0 Å². The summed E-state index contributed by atoms with van der Waals surface area (Å²) in [6.07, 6.45) is 0. The minimum Gasteiger partial charge on any atom is -0.144 e. The number of rotatable bonds is 1. The number of hydrogen-bond donors (Lipinski definition) is 0. The molecule has 0 fully saturated rings. The lowest BCUT2D eigenvalue weighted by molar-refractivity contribution is 1.68. The largest absolute Gasteiger partial charge is 0.144 e. The summed E-state index contributed by atoms with van der Waals surface area (Å²) < 4.78 is 1.36. The molecule has 0 N–H and O–H groups in total. The third kappa shape index (κ3) is 1.66. The third-order valence-corrected chi connectivity index (χ3v) is 4.41. The van der Waals surface area contributed by atoms with Crippen LogP contribution in [0.5, 0.6) is 0 Å². The second-order valence-corrected chi connectivity index (χ2v) is 5.62. The zero-order valence-electron chi connectivity index (χ0n) is 10.3. The van der Waals surface area contributed by atoms with E-state index in [1.165, 1.54) is 32.0 Å². The second-order valence-electron chi connectivity index (χ2n) is 4.67. The van der Waals surface area contributed by atoms with Gasteiger partial charge in [-0.2, -0.15) is 0 Å². The van der Waals surface area contributed by atoms with Crippen LogP contribution in [0.25, 0.3) is 32.0 Å².